The van der Waals surface area contributed by atoms with Crippen molar-refractivity contribution in [1.29, 1.82) is 0 Å². The van der Waals surface area contributed by atoms with Crippen LogP contribution in [0.5, 0.6) is 5.75 Å². The number of halogens is 1. The molecule has 0 radical (unpaired) electrons. The minimum Gasteiger partial charge on any atom is -0.493 e. The van der Waals surface area contributed by atoms with Gasteiger partial charge in [-0.25, -0.2) is 9.18 Å². The molecule has 37 heavy (non-hydrogen) atoms. The maximum Gasteiger partial charge on any atom is 0.410 e. The molecule has 1 aliphatic heterocycles. The highest BCUT2D eigenvalue weighted by atomic mass is 19.1. The fourth-order valence-electron chi connectivity index (χ4n) is 4.30. The summed E-state index contributed by atoms with van der Waals surface area (Å²) in [6, 6.07) is 6.47. The standard InChI is InChI=1S/C26H35FN6O4/c1-25(2,3)37-24(34)32-12-10-16(11-13-32)33-20-14-19(17-8-7-9-18(27)22(17)36-6)29-30-21(20)23(31-33)28-15-26(4,5)35/h7-9,14,16,35H,10-13,15H2,1-6H3,(H,28,31). The quantitative estimate of drug-likeness (QED) is 0.498. The number of methoxy groups -OCH3 is 1. The van der Waals surface area contributed by atoms with Crippen molar-refractivity contribution in [3.05, 3.63) is 30.1 Å². The van der Waals surface area contributed by atoms with Gasteiger partial charge in [0, 0.05) is 25.2 Å². The van der Waals surface area contributed by atoms with Crippen LogP contribution in [0, 0.1) is 5.82 Å². The smallest absolute Gasteiger partial charge is 0.410 e. The van der Waals surface area contributed by atoms with Crippen LogP contribution in [0.2, 0.25) is 0 Å². The number of nitrogens with zero attached hydrogens (tertiary/aromatic N) is 5. The number of carbonyl (C=O) groups is 1. The van der Waals surface area contributed by atoms with Gasteiger partial charge in [0.1, 0.15) is 5.60 Å². The fourth-order valence-corrected chi connectivity index (χ4v) is 4.30. The molecule has 200 valence electrons. The van der Waals surface area contributed by atoms with E-state index in [2.05, 4.69) is 15.5 Å². The van der Waals surface area contributed by atoms with Crippen LogP contribution in [0.25, 0.3) is 22.3 Å². The molecule has 1 fully saturated rings. The van der Waals surface area contributed by atoms with Crippen molar-refractivity contribution in [1.82, 2.24) is 24.9 Å². The maximum atomic E-state index is 14.4. The summed E-state index contributed by atoms with van der Waals surface area (Å²) in [5, 5.41) is 26.9. The summed E-state index contributed by atoms with van der Waals surface area (Å²) in [5.74, 6) is 0.0997. The number of aliphatic hydroxyl groups is 1. The van der Waals surface area contributed by atoms with Gasteiger partial charge in [0.25, 0.3) is 0 Å². The lowest BCUT2D eigenvalue weighted by atomic mass is 10.1. The third-order valence-electron chi connectivity index (χ3n) is 6.05. The molecular formula is C26H35FN6O4. The molecule has 2 N–H and O–H groups in total. The number of amides is 1. The van der Waals surface area contributed by atoms with Crippen molar-refractivity contribution in [2.75, 3.05) is 32.1 Å². The lowest BCUT2D eigenvalue weighted by Crippen LogP contribution is -2.42. The van der Waals surface area contributed by atoms with E-state index < -0.39 is 17.0 Å². The van der Waals surface area contributed by atoms with E-state index in [0.29, 0.717) is 54.0 Å². The lowest BCUT2D eigenvalue weighted by Gasteiger charge is -2.33. The van der Waals surface area contributed by atoms with E-state index >= 15 is 0 Å². The van der Waals surface area contributed by atoms with Crippen molar-refractivity contribution in [2.45, 2.75) is 64.7 Å². The van der Waals surface area contributed by atoms with Gasteiger partial charge in [0.15, 0.2) is 22.9 Å². The minimum atomic E-state index is -0.961. The van der Waals surface area contributed by atoms with Gasteiger partial charge in [0.2, 0.25) is 0 Å². The van der Waals surface area contributed by atoms with Gasteiger partial charge in [-0.05, 0) is 65.7 Å². The predicted molar refractivity (Wildman–Crippen MR) is 138 cm³/mol. The van der Waals surface area contributed by atoms with Gasteiger partial charge in [-0.3, -0.25) is 4.68 Å². The number of likely N-dealkylation sites (tertiary alicyclic amines) is 1. The zero-order chi connectivity index (χ0) is 27.0. The van der Waals surface area contributed by atoms with E-state index in [1.807, 2.05) is 31.5 Å². The number of rotatable bonds is 6. The number of hydrogen-bond acceptors (Lipinski definition) is 8. The van der Waals surface area contributed by atoms with Crippen LogP contribution in [0.1, 0.15) is 53.5 Å². The van der Waals surface area contributed by atoms with E-state index in [1.165, 1.54) is 13.2 Å². The van der Waals surface area contributed by atoms with E-state index in [4.69, 9.17) is 14.6 Å². The number of ether oxygens (including phenoxy) is 2. The van der Waals surface area contributed by atoms with Gasteiger partial charge >= 0.3 is 6.09 Å². The van der Waals surface area contributed by atoms with Crippen molar-refractivity contribution >= 4 is 22.9 Å². The summed E-state index contributed by atoms with van der Waals surface area (Å²) in [5.41, 5.74) is 0.668. The van der Waals surface area contributed by atoms with E-state index in [1.54, 1.807) is 30.9 Å². The van der Waals surface area contributed by atoms with E-state index in [-0.39, 0.29) is 24.4 Å². The number of hydrogen-bond donors (Lipinski definition) is 2. The fraction of sp³-hybridized carbons (Fsp3) is 0.538. The molecule has 2 aromatic heterocycles. The zero-order valence-corrected chi connectivity index (χ0v) is 22.2. The molecule has 10 nitrogen and oxygen atoms in total. The molecule has 1 aromatic carbocycles. The van der Waals surface area contributed by atoms with Crippen molar-refractivity contribution in [3.63, 3.8) is 0 Å². The number of anilines is 1. The van der Waals surface area contributed by atoms with E-state index in [9.17, 15) is 14.3 Å². The Hall–Kier alpha value is -3.47. The Morgan fingerprint density at radius 1 is 1.19 bits per heavy atom. The summed E-state index contributed by atoms with van der Waals surface area (Å²) in [6.07, 6.45) is 1.01. The second-order valence-electron chi connectivity index (χ2n) is 10.9. The van der Waals surface area contributed by atoms with Gasteiger partial charge in [-0.15, -0.1) is 10.2 Å². The van der Waals surface area contributed by atoms with Gasteiger partial charge < -0.3 is 24.8 Å². The molecule has 0 spiro atoms. The molecule has 1 aliphatic rings. The van der Waals surface area contributed by atoms with Gasteiger partial charge in [-0.1, -0.05) is 6.07 Å². The van der Waals surface area contributed by atoms with Crippen molar-refractivity contribution < 1.29 is 23.8 Å². The second kappa shape index (κ2) is 10.1. The maximum absolute atomic E-state index is 14.4. The summed E-state index contributed by atoms with van der Waals surface area (Å²) < 4.78 is 27.1. The molecule has 0 bridgehead atoms. The Morgan fingerprint density at radius 2 is 1.89 bits per heavy atom. The summed E-state index contributed by atoms with van der Waals surface area (Å²) in [7, 11) is 1.41. The Labute approximate surface area is 215 Å². The van der Waals surface area contributed by atoms with Crippen LogP contribution in [-0.4, -0.2) is 74.0 Å². The Kier molecular flexibility index (Phi) is 7.27. The van der Waals surface area contributed by atoms with Crippen molar-refractivity contribution in [2.24, 2.45) is 0 Å². The SMILES string of the molecule is COc1c(F)cccc1-c1cc2c(nn1)c(NCC(C)(C)O)nn2C1CCN(C(=O)OC(C)(C)C)CC1. The Morgan fingerprint density at radius 3 is 2.51 bits per heavy atom. The highest BCUT2D eigenvalue weighted by Crippen LogP contribution is 2.35. The van der Waals surface area contributed by atoms with Crippen LogP contribution in [0.15, 0.2) is 24.3 Å². The first-order chi connectivity index (χ1) is 17.4. The predicted octanol–water partition coefficient (Wildman–Crippen LogP) is 4.40. The minimum absolute atomic E-state index is 0.00896. The van der Waals surface area contributed by atoms with Gasteiger partial charge in [0.05, 0.1) is 30.0 Å². The summed E-state index contributed by atoms with van der Waals surface area (Å²) in [6.45, 7) is 10.3. The summed E-state index contributed by atoms with van der Waals surface area (Å²) in [4.78, 5) is 14.2. The molecule has 1 saturated heterocycles. The molecule has 1 amide bonds. The highest BCUT2D eigenvalue weighted by molar-refractivity contribution is 5.88. The van der Waals surface area contributed by atoms with Crippen LogP contribution in [0.4, 0.5) is 15.0 Å². The first-order valence-electron chi connectivity index (χ1n) is 12.4. The Balaban J connectivity index is 1.68. The average molecular weight is 515 g/mol. The average Bonchev–Trinajstić information content (AvgIpc) is 3.19. The van der Waals surface area contributed by atoms with E-state index in [0.717, 1.165) is 0 Å². The molecule has 0 unspecified atom stereocenters. The molecule has 0 atom stereocenters. The molecular weight excluding hydrogens is 479 g/mol. The molecule has 4 rings (SSSR count). The number of fused-ring (bicyclic) bond motifs is 1. The Bertz CT molecular complexity index is 1270. The molecule has 3 aromatic rings. The summed E-state index contributed by atoms with van der Waals surface area (Å²) >= 11 is 0. The second-order valence-corrected chi connectivity index (χ2v) is 10.9. The molecule has 0 aliphatic carbocycles. The zero-order valence-electron chi connectivity index (χ0n) is 22.2. The van der Waals surface area contributed by atoms with Crippen LogP contribution in [0.3, 0.4) is 0 Å². The van der Waals surface area contributed by atoms with Gasteiger partial charge in [-0.2, -0.15) is 5.10 Å². The molecule has 3 heterocycles. The van der Waals surface area contributed by atoms with Crippen LogP contribution < -0.4 is 10.1 Å². The number of benzene rings is 1. The molecule has 0 saturated carbocycles. The third-order valence-corrected chi connectivity index (χ3v) is 6.05. The molecule has 11 heteroatoms. The number of aromatic nitrogens is 4. The lowest BCUT2D eigenvalue weighted by molar-refractivity contribution is 0.0186. The normalized spacial score (nSPS) is 15.2. The number of piperidine rings is 1. The third kappa shape index (κ3) is 6.10. The van der Waals surface area contributed by atoms with Crippen molar-refractivity contribution in [3.8, 4) is 17.0 Å². The topological polar surface area (TPSA) is 115 Å². The number of carbonyl (C=O) groups excluding carboxylic acids is 1. The number of nitrogens with one attached hydrogen (secondary N) is 1. The first-order valence-corrected chi connectivity index (χ1v) is 12.4. The number of para-hydroxylation sites is 1. The first kappa shape index (κ1) is 26.6. The van der Waals surface area contributed by atoms with Crippen LogP contribution >= 0.6 is 0 Å². The van der Waals surface area contributed by atoms with Crippen LogP contribution in [-0.2, 0) is 4.74 Å². The highest BCUT2D eigenvalue weighted by Gasteiger charge is 2.30. The largest absolute Gasteiger partial charge is 0.493 e. The monoisotopic (exact) mass is 514 g/mol.